The summed E-state index contributed by atoms with van der Waals surface area (Å²) in [6.45, 7) is 28.3. The summed E-state index contributed by atoms with van der Waals surface area (Å²) in [5.41, 5.74) is 5.72. The van der Waals surface area contributed by atoms with Gasteiger partial charge in [0, 0.05) is 49.3 Å². The van der Waals surface area contributed by atoms with Crippen molar-refractivity contribution >= 4 is 65.0 Å². The maximum absolute atomic E-state index is 15.3. The van der Waals surface area contributed by atoms with Crippen LogP contribution >= 0.6 is 0 Å². The van der Waals surface area contributed by atoms with Crippen LogP contribution in [0.2, 0.25) is 0 Å². The quantitative estimate of drug-likeness (QED) is 0.0951. The lowest BCUT2D eigenvalue weighted by Gasteiger charge is -2.41. The Hall–Kier alpha value is -5.91. The second-order valence-electron chi connectivity index (χ2n) is 27.6. The van der Waals surface area contributed by atoms with E-state index in [0.717, 1.165) is 35.5 Å². The fourth-order valence-corrected chi connectivity index (χ4v) is 11.5. The third-order valence-corrected chi connectivity index (χ3v) is 17.2. The summed E-state index contributed by atoms with van der Waals surface area (Å²) < 4.78 is 0. The van der Waals surface area contributed by atoms with E-state index >= 15 is 14.4 Å². The number of hydrogen-bond acceptors (Lipinski definition) is 13. The van der Waals surface area contributed by atoms with E-state index in [0.29, 0.717) is 19.4 Å². The Morgan fingerprint density at radius 2 is 0.854 bits per heavy atom. The van der Waals surface area contributed by atoms with Gasteiger partial charge in [-0.25, -0.2) is 0 Å². The smallest absolute Gasteiger partial charge is 0.246 e. The van der Waals surface area contributed by atoms with Crippen molar-refractivity contribution in [3.8, 4) is 0 Å². The topological polar surface area (TPSA) is 305 Å². The van der Waals surface area contributed by atoms with Crippen molar-refractivity contribution in [2.75, 3.05) is 62.4 Å². The first-order valence-electron chi connectivity index (χ1n) is 32.7. The summed E-state index contributed by atoms with van der Waals surface area (Å²) in [6.07, 6.45) is 3.93. The fourth-order valence-electron chi connectivity index (χ4n) is 11.5. The largest absolute Gasteiger partial charge is 0.390 e. The monoisotopic (exact) mass is 1260 g/mol. The highest BCUT2D eigenvalue weighted by Gasteiger charge is 2.46. The molecule has 1 aliphatic heterocycles. The van der Waals surface area contributed by atoms with Gasteiger partial charge in [-0.3, -0.25) is 52.7 Å². The molecule has 7 N–H and O–H groups in total. The van der Waals surface area contributed by atoms with Crippen LogP contribution in [0.1, 0.15) is 181 Å². The van der Waals surface area contributed by atoms with Crippen molar-refractivity contribution < 1.29 is 57.8 Å². The number of carbonyl (C=O) groups is 11. The molecule has 1 saturated heterocycles. The van der Waals surface area contributed by atoms with Gasteiger partial charge in [-0.1, -0.05) is 123 Å². The molecule has 89 heavy (non-hydrogen) atoms. The predicted octanol–water partition coefficient (Wildman–Crippen LogP) is 3.60. The Kier molecular flexibility index (Phi) is 34.7. The van der Waals surface area contributed by atoms with Crippen LogP contribution in [0.3, 0.4) is 0 Å². The molecule has 11 amide bonds. The number of aliphatic hydroxyl groups is 1. The minimum atomic E-state index is -1.59. The van der Waals surface area contributed by atoms with Gasteiger partial charge >= 0.3 is 0 Å². The molecule has 0 unspecified atom stereocenters. The van der Waals surface area contributed by atoms with Gasteiger partial charge in [0.2, 0.25) is 65.0 Å². The second kappa shape index (κ2) is 38.1. The Morgan fingerprint density at radius 1 is 0.438 bits per heavy atom. The van der Waals surface area contributed by atoms with Gasteiger partial charge in [0.25, 0.3) is 0 Å². The van der Waals surface area contributed by atoms with Crippen molar-refractivity contribution in [1.29, 1.82) is 0 Å². The molecule has 0 bridgehead atoms. The Labute approximate surface area is 534 Å². The lowest BCUT2D eigenvalue weighted by atomic mass is 9.90. The molecule has 24 heteroatoms. The molecule has 24 nitrogen and oxygen atoms in total. The Balaban J connectivity index is 4.32. The molecule has 0 aromatic carbocycles. The van der Waals surface area contributed by atoms with Crippen LogP contribution < -0.4 is 27.0 Å². The minimum Gasteiger partial charge on any atom is -0.390 e. The van der Waals surface area contributed by atoms with E-state index in [1.165, 1.54) is 87.7 Å². The Bertz CT molecular complexity index is 2350. The highest BCUT2D eigenvalue weighted by molar-refractivity contribution is 5.99. The van der Waals surface area contributed by atoms with Crippen LogP contribution in [0.25, 0.3) is 0 Å². The van der Waals surface area contributed by atoms with Crippen LogP contribution in [0.5, 0.6) is 0 Å². The average Bonchev–Trinajstić information content (AvgIpc) is 1.62. The van der Waals surface area contributed by atoms with E-state index in [2.05, 4.69) is 21.3 Å². The van der Waals surface area contributed by atoms with E-state index in [9.17, 15) is 43.5 Å². The normalized spacial score (nSPS) is 26.1. The summed E-state index contributed by atoms with van der Waals surface area (Å²) in [4.78, 5) is 169. The zero-order valence-corrected chi connectivity index (χ0v) is 58.7. The van der Waals surface area contributed by atoms with E-state index in [1.807, 2.05) is 55.4 Å². The Morgan fingerprint density at radius 3 is 1.33 bits per heavy atom. The molecular weight excluding hydrogens is 1140 g/mol. The van der Waals surface area contributed by atoms with E-state index < -0.39 is 156 Å². The molecular formula is C65H120N12O12. The molecule has 12 atom stereocenters. The fraction of sp³-hybridized carbons (Fsp3) is 0.831. The molecule has 0 aromatic rings. The number of carbonyl (C=O) groups excluding carboxylic acids is 11. The summed E-state index contributed by atoms with van der Waals surface area (Å²) >= 11 is 0. The molecule has 1 heterocycles. The lowest BCUT2D eigenvalue weighted by Crippen LogP contribution is -2.63. The average molecular weight is 1260 g/mol. The zero-order valence-electron chi connectivity index (χ0n) is 58.7. The number of amides is 11. The number of nitrogens with zero attached hydrogens (tertiary/aromatic N) is 7. The van der Waals surface area contributed by atoms with Crippen LogP contribution in [0.4, 0.5) is 0 Å². The summed E-state index contributed by atoms with van der Waals surface area (Å²) in [7, 11) is 9.99. The number of aliphatic hydroxyl groups excluding tert-OH is 1. The van der Waals surface area contributed by atoms with Gasteiger partial charge in [0.15, 0.2) is 0 Å². The molecule has 1 fully saturated rings. The van der Waals surface area contributed by atoms with E-state index in [1.54, 1.807) is 41.5 Å². The first kappa shape index (κ1) is 81.1. The summed E-state index contributed by atoms with van der Waals surface area (Å²) in [6, 6.07) is -12.3. The van der Waals surface area contributed by atoms with Crippen LogP contribution in [0, 0.1) is 41.4 Å². The molecule has 0 radical (unpaired) electrons. The number of nitrogens with one attached hydrogen (secondary N) is 4. The molecule has 0 saturated carbocycles. The predicted molar refractivity (Wildman–Crippen MR) is 346 cm³/mol. The molecule has 0 aliphatic carbocycles. The maximum atomic E-state index is 15.3. The van der Waals surface area contributed by atoms with Gasteiger partial charge in [-0.2, -0.15) is 0 Å². The van der Waals surface area contributed by atoms with Crippen molar-refractivity contribution in [2.24, 2.45) is 47.2 Å². The van der Waals surface area contributed by atoms with Crippen LogP contribution in [-0.2, 0) is 52.7 Å². The van der Waals surface area contributed by atoms with Gasteiger partial charge in [0.1, 0.15) is 60.4 Å². The standard InChI is InChI=1S/C65H120N12O12/c1-24-46-61(85)71(17)36-51(78)72(18)47(32-37(2)3)58(82)70-52(41(10)11)64(88)73(19)48(33-38(4)5)57(81)67-44(15)56(80)68-45(16)60(84)74(20)49(34-39(6)7)62(86)75(21)50(35-40(8)9)63(87)76(22)53(42(12)13)65(89)77(23)54(59(83)69-46)55(79)43(14)30-28-26-25-27-29-31-66/h37-50,52-55,79H,24-36,66H2,1-23H3,(H,67,81)(H,68,80)(H,69,83)(H,70,82)/t43-,44-,45+,46-,47+,48-,49-,50-,52-,53-,54+,55-/m1/s1. The zero-order chi connectivity index (χ0) is 68.8. The van der Waals surface area contributed by atoms with Crippen molar-refractivity contribution in [3.63, 3.8) is 0 Å². The van der Waals surface area contributed by atoms with E-state index in [-0.39, 0.29) is 55.8 Å². The molecule has 0 aromatic heterocycles. The first-order chi connectivity index (χ1) is 41.2. The number of hydrogen-bond donors (Lipinski definition) is 6. The van der Waals surface area contributed by atoms with Gasteiger partial charge in [0.05, 0.1) is 12.6 Å². The first-order valence-corrected chi connectivity index (χ1v) is 32.7. The third kappa shape index (κ3) is 24.0. The molecule has 0 spiro atoms. The summed E-state index contributed by atoms with van der Waals surface area (Å²) in [5.74, 6) is -9.59. The van der Waals surface area contributed by atoms with Crippen LogP contribution in [-0.4, -0.2) is 233 Å². The number of unbranched alkanes of at least 4 members (excludes halogenated alkanes) is 4. The highest BCUT2D eigenvalue weighted by atomic mass is 16.3. The molecule has 512 valence electrons. The van der Waals surface area contributed by atoms with Crippen molar-refractivity contribution in [3.05, 3.63) is 0 Å². The summed E-state index contributed by atoms with van der Waals surface area (Å²) in [5, 5.41) is 23.4. The lowest BCUT2D eigenvalue weighted by molar-refractivity contribution is -0.157. The third-order valence-electron chi connectivity index (χ3n) is 17.2. The second-order valence-corrected chi connectivity index (χ2v) is 27.6. The number of rotatable bonds is 20. The number of likely N-dealkylation sites (N-methyl/N-ethyl adjacent to an activating group) is 7. The van der Waals surface area contributed by atoms with Crippen molar-refractivity contribution in [1.82, 2.24) is 55.6 Å². The molecule has 1 rings (SSSR count). The van der Waals surface area contributed by atoms with Crippen LogP contribution in [0.15, 0.2) is 0 Å². The van der Waals surface area contributed by atoms with Crippen molar-refractivity contribution in [2.45, 2.75) is 248 Å². The van der Waals surface area contributed by atoms with Gasteiger partial charge in [-0.05, 0) is 107 Å². The minimum absolute atomic E-state index is 0.0271. The maximum Gasteiger partial charge on any atom is 0.246 e. The van der Waals surface area contributed by atoms with E-state index in [4.69, 9.17) is 5.73 Å². The van der Waals surface area contributed by atoms with Gasteiger partial charge < -0.3 is 66.4 Å². The molecule has 1 aliphatic rings. The number of nitrogens with two attached hydrogens (primary N) is 1. The van der Waals surface area contributed by atoms with Gasteiger partial charge in [-0.15, -0.1) is 0 Å². The highest BCUT2D eigenvalue weighted by Crippen LogP contribution is 2.26. The SMILES string of the molecule is CC[C@H]1NC(=O)[C@H]([C@H](O)[C@H](C)CCCCCCCN)N(C)C(=O)[C@@H](C(C)C)N(C)C(=O)[C@@H](CC(C)C)N(C)C(=O)[C@@H](CC(C)C)N(C)C(=O)[C@H](C)NC(=O)[C@@H](C)NC(=O)[C@@H](CC(C)C)N(C)C(=O)[C@@H](C(C)C)NC(=O)[C@H](CC(C)C)N(C)C(=O)CN(C)C1=O.